The standard InChI is InChI=1S/C12H10INO3/c13-10-3-1-2-4-11(10)14-6-9-5-8(7-17-9)12(15)16/h1-5,7,14H,6H2,(H,15,16). The number of hydrogen-bond donors (Lipinski definition) is 2. The largest absolute Gasteiger partial charge is 0.478 e. The summed E-state index contributed by atoms with van der Waals surface area (Å²) in [5, 5.41) is 11.9. The fraction of sp³-hybridized carbons (Fsp3) is 0.0833. The van der Waals surface area contributed by atoms with Crippen LogP contribution in [-0.2, 0) is 6.54 Å². The number of carbonyl (C=O) groups is 1. The molecule has 0 aliphatic carbocycles. The Morgan fingerprint density at radius 3 is 2.82 bits per heavy atom. The third-order valence-corrected chi connectivity index (χ3v) is 3.17. The van der Waals surface area contributed by atoms with E-state index in [1.54, 1.807) is 0 Å². The van der Waals surface area contributed by atoms with Crippen molar-refractivity contribution in [3.05, 3.63) is 51.5 Å². The van der Waals surface area contributed by atoms with E-state index in [9.17, 15) is 4.79 Å². The summed E-state index contributed by atoms with van der Waals surface area (Å²) in [5.74, 6) is -0.378. The van der Waals surface area contributed by atoms with Gasteiger partial charge in [-0.25, -0.2) is 4.79 Å². The number of aromatic carboxylic acids is 1. The third-order valence-electron chi connectivity index (χ3n) is 2.23. The van der Waals surface area contributed by atoms with E-state index in [2.05, 4.69) is 27.9 Å². The predicted octanol–water partition coefficient (Wildman–Crippen LogP) is 3.19. The van der Waals surface area contributed by atoms with Gasteiger partial charge in [0.25, 0.3) is 0 Å². The van der Waals surface area contributed by atoms with Crippen LogP contribution in [0.1, 0.15) is 16.1 Å². The summed E-state index contributed by atoms with van der Waals surface area (Å²) < 4.78 is 6.25. The van der Waals surface area contributed by atoms with Gasteiger partial charge in [-0.2, -0.15) is 0 Å². The van der Waals surface area contributed by atoms with Crippen molar-refractivity contribution in [2.24, 2.45) is 0 Å². The summed E-state index contributed by atoms with van der Waals surface area (Å²) in [4.78, 5) is 10.7. The van der Waals surface area contributed by atoms with E-state index >= 15 is 0 Å². The second-order valence-corrected chi connectivity index (χ2v) is 4.60. The fourth-order valence-electron chi connectivity index (χ4n) is 1.37. The summed E-state index contributed by atoms with van der Waals surface area (Å²) in [6, 6.07) is 9.37. The molecule has 0 aliphatic heterocycles. The number of hydrogen-bond acceptors (Lipinski definition) is 3. The van der Waals surface area contributed by atoms with Gasteiger partial charge in [-0.05, 0) is 40.8 Å². The lowest BCUT2D eigenvalue weighted by Crippen LogP contribution is -2.00. The number of para-hydroxylation sites is 1. The second-order valence-electron chi connectivity index (χ2n) is 3.44. The third kappa shape index (κ3) is 3.00. The fourth-order valence-corrected chi connectivity index (χ4v) is 1.95. The summed E-state index contributed by atoms with van der Waals surface area (Å²) >= 11 is 2.23. The highest BCUT2D eigenvalue weighted by atomic mass is 127. The molecule has 0 unspecified atom stereocenters. The van der Waals surface area contributed by atoms with E-state index in [1.165, 1.54) is 12.3 Å². The number of halogens is 1. The van der Waals surface area contributed by atoms with Crippen molar-refractivity contribution >= 4 is 34.2 Å². The van der Waals surface area contributed by atoms with Gasteiger partial charge in [-0.15, -0.1) is 0 Å². The molecule has 88 valence electrons. The maximum atomic E-state index is 10.7. The van der Waals surface area contributed by atoms with Gasteiger partial charge in [0.2, 0.25) is 0 Å². The van der Waals surface area contributed by atoms with E-state index in [-0.39, 0.29) is 5.56 Å². The first-order valence-electron chi connectivity index (χ1n) is 4.96. The number of carboxylic acids is 1. The molecule has 2 aromatic rings. The topological polar surface area (TPSA) is 62.5 Å². The first-order valence-corrected chi connectivity index (χ1v) is 6.04. The van der Waals surface area contributed by atoms with Gasteiger partial charge in [-0.3, -0.25) is 0 Å². The van der Waals surface area contributed by atoms with E-state index in [4.69, 9.17) is 9.52 Å². The quantitative estimate of drug-likeness (QED) is 0.837. The van der Waals surface area contributed by atoms with Crippen LogP contribution in [0.5, 0.6) is 0 Å². The van der Waals surface area contributed by atoms with Crippen LogP contribution in [0.15, 0.2) is 41.0 Å². The molecular formula is C12H10INO3. The molecule has 0 aliphatic rings. The van der Waals surface area contributed by atoms with Crippen molar-refractivity contribution in [2.75, 3.05) is 5.32 Å². The number of nitrogens with one attached hydrogen (secondary N) is 1. The Balaban J connectivity index is 2.02. The Kier molecular flexibility index (Phi) is 3.68. The van der Waals surface area contributed by atoms with E-state index in [1.807, 2.05) is 24.3 Å². The van der Waals surface area contributed by atoms with Crippen LogP contribution in [0.25, 0.3) is 0 Å². The Morgan fingerprint density at radius 2 is 2.18 bits per heavy atom. The van der Waals surface area contributed by atoms with Gasteiger partial charge in [0, 0.05) is 9.26 Å². The number of anilines is 1. The van der Waals surface area contributed by atoms with Gasteiger partial charge < -0.3 is 14.8 Å². The molecule has 0 saturated carbocycles. The van der Waals surface area contributed by atoms with E-state index in [0.717, 1.165) is 9.26 Å². The van der Waals surface area contributed by atoms with E-state index in [0.29, 0.717) is 12.3 Å². The van der Waals surface area contributed by atoms with Crippen molar-refractivity contribution in [1.82, 2.24) is 0 Å². The van der Waals surface area contributed by atoms with Crippen molar-refractivity contribution in [1.29, 1.82) is 0 Å². The molecule has 0 bridgehead atoms. The molecule has 17 heavy (non-hydrogen) atoms. The molecule has 1 heterocycles. The zero-order valence-corrected chi connectivity index (χ0v) is 11.0. The van der Waals surface area contributed by atoms with Crippen LogP contribution in [-0.4, -0.2) is 11.1 Å². The lowest BCUT2D eigenvalue weighted by Gasteiger charge is -2.05. The maximum Gasteiger partial charge on any atom is 0.338 e. The Morgan fingerprint density at radius 1 is 1.41 bits per heavy atom. The predicted molar refractivity (Wildman–Crippen MR) is 72.2 cm³/mol. The Labute approximate surface area is 112 Å². The minimum Gasteiger partial charge on any atom is -0.478 e. The summed E-state index contributed by atoms with van der Waals surface area (Å²) in [7, 11) is 0. The van der Waals surface area contributed by atoms with Gasteiger partial charge in [0.15, 0.2) is 0 Å². The molecule has 4 nitrogen and oxygen atoms in total. The van der Waals surface area contributed by atoms with Crippen LogP contribution in [0, 0.1) is 3.57 Å². The SMILES string of the molecule is O=C(O)c1coc(CNc2ccccc2I)c1. The average Bonchev–Trinajstić information content (AvgIpc) is 2.77. The minimum absolute atomic E-state index is 0.171. The number of rotatable bonds is 4. The lowest BCUT2D eigenvalue weighted by molar-refractivity contribution is 0.0696. The normalized spacial score (nSPS) is 10.2. The van der Waals surface area contributed by atoms with Crippen molar-refractivity contribution in [2.45, 2.75) is 6.54 Å². The molecule has 0 saturated heterocycles. The van der Waals surface area contributed by atoms with Gasteiger partial charge >= 0.3 is 5.97 Å². The number of carboxylic acid groups (broad SMARTS) is 1. The first kappa shape index (κ1) is 12.0. The van der Waals surface area contributed by atoms with Crippen molar-refractivity contribution in [3.8, 4) is 0 Å². The maximum absolute atomic E-state index is 10.7. The van der Waals surface area contributed by atoms with Crippen molar-refractivity contribution < 1.29 is 14.3 Å². The first-order chi connectivity index (χ1) is 8.16. The van der Waals surface area contributed by atoms with Crippen LogP contribution < -0.4 is 5.32 Å². The second kappa shape index (κ2) is 5.22. The van der Waals surface area contributed by atoms with E-state index < -0.39 is 5.97 Å². The van der Waals surface area contributed by atoms with Gasteiger partial charge in [0.1, 0.15) is 12.0 Å². The molecule has 0 atom stereocenters. The van der Waals surface area contributed by atoms with Crippen LogP contribution in [0.4, 0.5) is 5.69 Å². The molecule has 0 amide bonds. The molecule has 0 spiro atoms. The van der Waals surface area contributed by atoms with Crippen LogP contribution >= 0.6 is 22.6 Å². The number of benzene rings is 1. The molecular weight excluding hydrogens is 333 g/mol. The van der Waals surface area contributed by atoms with Crippen molar-refractivity contribution in [3.63, 3.8) is 0 Å². The lowest BCUT2D eigenvalue weighted by atomic mass is 10.3. The van der Waals surface area contributed by atoms with Crippen LogP contribution in [0.2, 0.25) is 0 Å². The molecule has 1 aromatic carbocycles. The highest BCUT2D eigenvalue weighted by Gasteiger charge is 2.08. The van der Waals surface area contributed by atoms with Gasteiger partial charge in [-0.1, -0.05) is 12.1 Å². The smallest absolute Gasteiger partial charge is 0.338 e. The zero-order chi connectivity index (χ0) is 12.3. The zero-order valence-electron chi connectivity index (χ0n) is 8.81. The molecule has 5 heteroatoms. The highest BCUT2D eigenvalue weighted by molar-refractivity contribution is 14.1. The van der Waals surface area contributed by atoms with Gasteiger partial charge in [0.05, 0.1) is 12.1 Å². The summed E-state index contributed by atoms with van der Waals surface area (Å²) in [5.41, 5.74) is 1.17. The highest BCUT2D eigenvalue weighted by Crippen LogP contribution is 2.18. The molecule has 2 N–H and O–H groups in total. The summed E-state index contributed by atoms with van der Waals surface area (Å²) in [6.45, 7) is 0.466. The molecule has 0 fully saturated rings. The summed E-state index contributed by atoms with van der Waals surface area (Å²) in [6.07, 6.45) is 1.25. The Hall–Kier alpha value is -1.50. The molecule has 0 radical (unpaired) electrons. The Bertz CT molecular complexity index is 536. The van der Waals surface area contributed by atoms with Crippen LogP contribution in [0.3, 0.4) is 0 Å². The minimum atomic E-state index is -0.978. The number of furan rings is 1. The molecule has 1 aromatic heterocycles. The molecule has 2 rings (SSSR count). The monoisotopic (exact) mass is 343 g/mol. The average molecular weight is 343 g/mol.